The van der Waals surface area contributed by atoms with Crippen LogP contribution in [-0.4, -0.2) is 50.8 Å². The highest BCUT2D eigenvalue weighted by atomic mass is 32.2. The molecule has 1 aliphatic rings. The number of halogens is 1. The van der Waals surface area contributed by atoms with Crippen molar-refractivity contribution in [3.8, 4) is 11.1 Å². The summed E-state index contributed by atoms with van der Waals surface area (Å²) in [5, 5.41) is 11.4. The average molecular weight is 434 g/mol. The lowest BCUT2D eigenvalue weighted by atomic mass is 10.0. The summed E-state index contributed by atoms with van der Waals surface area (Å²) in [4.78, 5) is 25.9. The minimum atomic E-state index is -3.50. The third-order valence-corrected chi connectivity index (χ3v) is 6.10. The Morgan fingerprint density at radius 3 is 2.67 bits per heavy atom. The third-order valence-electron chi connectivity index (χ3n) is 4.95. The molecule has 2 aromatic carbocycles. The molecule has 1 atom stereocenters. The Morgan fingerprint density at radius 1 is 1.27 bits per heavy atom. The number of sulfone groups is 1. The van der Waals surface area contributed by atoms with Gasteiger partial charge in [0.05, 0.1) is 17.2 Å². The Labute approximate surface area is 174 Å². The Morgan fingerprint density at radius 2 is 2.00 bits per heavy atom. The van der Waals surface area contributed by atoms with E-state index in [-0.39, 0.29) is 23.6 Å². The summed E-state index contributed by atoms with van der Waals surface area (Å²) in [5.74, 6) is -1.52. The van der Waals surface area contributed by atoms with Crippen molar-refractivity contribution < 1.29 is 27.5 Å². The zero-order valence-electron chi connectivity index (χ0n) is 16.5. The van der Waals surface area contributed by atoms with Crippen LogP contribution < -0.4 is 10.2 Å². The maximum Gasteiger partial charge on any atom is 0.249 e. The standard InChI is InChI=1S/C21H23FN2O5S/c1-30(28,29)19-7-3-2-5-15(19)14-8-9-18(16(22)13-14)24-11-4-6-17(21(24)27)23-20(26)10-12-25/h2-3,5,7-9,13,17,25H,4,6,10-12H2,1H3,(H,23,26). The first-order chi connectivity index (χ1) is 14.2. The number of piperidine rings is 1. The van der Waals surface area contributed by atoms with E-state index < -0.39 is 33.5 Å². The van der Waals surface area contributed by atoms with E-state index in [9.17, 15) is 22.4 Å². The van der Waals surface area contributed by atoms with Crippen LogP contribution in [0, 0.1) is 5.82 Å². The lowest BCUT2D eigenvalue weighted by Gasteiger charge is -2.33. The van der Waals surface area contributed by atoms with E-state index in [0.717, 1.165) is 6.26 Å². The topological polar surface area (TPSA) is 104 Å². The molecule has 0 aromatic heterocycles. The second-order valence-corrected chi connectivity index (χ2v) is 9.14. The number of nitrogens with zero attached hydrogens (tertiary/aromatic N) is 1. The van der Waals surface area contributed by atoms with Gasteiger partial charge in [0, 0.05) is 24.8 Å². The Kier molecular flexibility index (Phi) is 6.52. The number of benzene rings is 2. The number of carbonyl (C=O) groups excluding carboxylic acids is 2. The molecule has 7 nitrogen and oxygen atoms in total. The molecule has 30 heavy (non-hydrogen) atoms. The fraction of sp³-hybridized carbons (Fsp3) is 0.333. The molecule has 2 aromatic rings. The molecule has 1 saturated heterocycles. The number of aliphatic hydroxyl groups excluding tert-OH is 1. The highest BCUT2D eigenvalue weighted by Gasteiger charge is 2.32. The Bertz CT molecular complexity index is 1070. The minimum absolute atomic E-state index is 0.0710. The maximum atomic E-state index is 15.0. The summed E-state index contributed by atoms with van der Waals surface area (Å²) in [6.45, 7) is -0.0110. The lowest BCUT2D eigenvalue weighted by Crippen LogP contribution is -2.52. The van der Waals surface area contributed by atoms with Crippen molar-refractivity contribution >= 4 is 27.3 Å². The Hall–Kier alpha value is -2.78. The van der Waals surface area contributed by atoms with E-state index >= 15 is 0 Å². The van der Waals surface area contributed by atoms with E-state index in [2.05, 4.69) is 5.32 Å². The van der Waals surface area contributed by atoms with Gasteiger partial charge in [0.1, 0.15) is 11.9 Å². The highest BCUT2D eigenvalue weighted by Crippen LogP contribution is 2.32. The molecule has 3 rings (SSSR count). The van der Waals surface area contributed by atoms with Crippen LogP contribution >= 0.6 is 0 Å². The van der Waals surface area contributed by atoms with Gasteiger partial charge < -0.3 is 15.3 Å². The molecule has 0 spiro atoms. The summed E-state index contributed by atoms with van der Waals surface area (Å²) in [6, 6.07) is 9.78. The van der Waals surface area contributed by atoms with E-state index in [1.165, 1.54) is 23.1 Å². The molecule has 0 bridgehead atoms. The molecule has 2 N–H and O–H groups in total. The molecule has 9 heteroatoms. The van der Waals surface area contributed by atoms with Crippen molar-refractivity contribution in [3.05, 3.63) is 48.3 Å². The predicted octanol–water partition coefficient (Wildman–Crippen LogP) is 1.89. The molecular formula is C21H23FN2O5S. The van der Waals surface area contributed by atoms with Gasteiger partial charge in [-0.05, 0) is 36.6 Å². The van der Waals surface area contributed by atoms with Gasteiger partial charge in [-0.15, -0.1) is 0 Å². The van der Waals surface area contributed by atoms with Crippen LogP contribution in [0.3, 0.4) is 0 Å². The van der Waals surface area contributed by atoms with Crippen LogP contribution in [0.5, 0.6) is 0 Å². The molecule has 1 aliphatic heterocycles. The number of aliphatic hydroxyl groups is 1. The number of anilines is 1. The molecule has 1 heterocycles. The van der Waals surface area contributed by atoms with Crippen LogP contribution in [0.1, 0.15) is 19.3 Å². The first kappa shape index (κ1) is 21.9. The van der Waals surface area contributed by atoms with Crippen LogP contribution in [0.15, 0.2) is 47.4 Å². The van der Waals surface area contributed by atoms with Crippen LogP contribution in [0.2, 0.25) is 0 Å². The first-order valence-electron chi connectivity index (χ1n) is 9.53. The number of carbonyl (C=O) groups is 2. The van der Waals surface area contributed by atoms with Gasteiger partial charge >= 0.3 is 0 Å². The van der Waals surface area contributed by atoms with E-state index in [4.69, 9.17) is 5.11 Å². The van der Waals surface area contributed by atoms with Gasteiger partial charge in [-0.25, -0.2) is 12.8 Å². The van der Waals surface area contributed by atoms with Crippen molar-refractivity contribution in [2.45, 2.75) is 30.2 Å². The summed E-state index contributed by atoms with van der Waals surface area (Å²) >= 11 is 0. The van der Waals surface area contributed by atoms with Crippen LogP contribution in [0.25, 0.3) is 11.1 Å². The van der Waals surface area contributed by atoms with Gasteiger partial charge in [-0.1, -0.05) is 24.3 Å². The summed E-state index contributed by atoms with van der Waals surface area (Å²) in [5.41, 5.74) is 0.834. The van der Waals surface area contributed by atoms with Gasteiger partial charge in [-0.3, -0.25) is 9.59 Å². The SMILES string of the molecule is CS(=O)(=O)c1ccccc1-c1ccc(N2CCCC(NC(=O)CCO)C2=O)c(F)c1. The van der Waals surface area contributed by atoms with E-state index in [0.29, 0.717) is 30.5 Å². The molecule has 0 saturated carbocycles. The monoisotopic (exact) mass is 434 g/mol. The molecule has 1 unspecified atom stereocenters. The lowest BCUT2D eigenvalue weighted by molar-refractivity contribution is -0.128. The van der Waals surface area contributed by atoms with Crippen molar-refractivity contribution in [1.82, 2.24) is 5.32 Å². The fourth-order valence-electron chi connectivity index (χ4n) is 3.54. The summed E-state index contributed by atoms with van der Waals surface area (Å²) in [6.07, 6.45) is 2.00. The minimum Gasteiger partial charge on any atom is -0.396 e. The molecular weight excluding hydrogens is 411 g/mol. The van der Waals surface area contributed by atoms with Gasteiger partial charge in [0.15, 0.2) is 9.84 Å². The molecule has 1 fully saturated rings. The smallest absolute Gasteiger partial charge is 0.249 e. The second-order valence-electron chi connectivity index (χ2n) is 7.16. The number of hydrogen-bond acceptors (Lipinski definition) is 5. The quantitative estimate of drug-likeness (QED) is 0.723. The third kappa shape index (κ3) is 4.68. The zero-order valence-corrected chi connectivity index (χ0v) is 17.3. The number of hydrogen-bond donors (Lipinski definition) is 2. The number of amides is 2. The Balaban J connectivity index is 1.89. The molecule has 2 amide bonds. The molecule has 0 radical (unpaired) electrons. The van der Waals surface area contributed by atoms with Crippen LogP contribution in [0.4, 0.5) is 10.1 Å². The maximum absolute atomic E-state index is 15.0. The van der Waals surface area contributed by atoms with Crippen molar-refractivity contribution in [3.63, 3.8) is 0 Å². The van der Waals surface area contributed by atoms with Crippen molar-refractivity contribution in [2.24, 2.45) is 0 Å². The summed E-state index contributed by atoms with van der Waals surface area (Å²) < 4.78 is 39.1. The molecule has 160 valence electrons. The molecule has 0 aliphatic carbocycles. The largest absolute Gasteiger partial charge is 0.396 e. The highest BCUT2D eigenvalue weighted by molar-refractivity contribution is 7.90. The van der Waals surface area contributed by atoms with E-state index in [1.807, 2.05) is 0 Å². The normalized spacial score (nSPS) is 17.1. The number of nitrogens with one attached hydrogen (secondary N) is 1. The van der Waals surface area contributed by atoms with Crippen molar-refractivity contribution in [2.75, 3.05) is 24.3 Å². The fourth-order valence-corrected chi connectivity index (χ4v) is 4.45. The van der Waals surface area contributed by atoms with Crippen molar-refractivity contribution in [1.29, 1.82) is 0 Å². The second kappa shape index (κ2) is 8.93. The zero-order chi connectivity index (χ0) is 21.9. The van der Waals surface area contributed by atoms with E-state index in [1.54, 1.807) is 24.3 Å². The predicted molar refractivity (Wildman–Crippen MR) is 110 cm³/mol. The first-order valence-corrected chi connectivity index (χ1v) is 11.4. The van der Waals surface area contributed by atoms with Crippen LogP contribution in [-0.2, 0) is 19.4 Å². The van der Waals surface area contributed by atoms with Gasteiger partial charge in [0.2, 0.25) is 11.8 Å². The summed E-state index contributed by atoms with van der Waals surface area (Å²) in [7, 11) is -3.50. The number of rotatable bonds is 6. The average Bonchev–Trinajstić information content (AvgIpc) is 2.69. The van der Waals surface area contributed by atoms with Gasteiger partial charge in [0.25, 0.3) is 0 Å². The van der Waals surface area contributed by atoms with Gasteiger partial charge in [-0.2, -0.15) is 0 Å².